The molecule has 1 fully saturated rings. The molecule has 1 aliphatic heterocycles. The number of hydrogen-bond donors (Lipinski definition) is 0. The van der Waals surface area contributed by atoms with Gasteiger partial charge in [0, 0.05) is 38.4 Å². The summed E-state index contributed by atoms with van der Waals surface area (Å²) in [6.45, 7) is 4.04. The van der Waals surface area contributed by atoms with Crippen molar-refractivity contribution in [2.75, 3.05) is 20.2 Å². The maximum atomic E-state index is 11.8. The summed E-state index contributed by atoms with van der Waals surface area (Å²) in [5.74, 6) is -0.314. The Morgan fingerprint density at radius 2 is 2.35 bits per heavy atom. The van der Waals surface area contributed by atoms with Crippen molar-refractivity contribution < 1.29 is 14.3 Å². The summed E-state index contributed by atoms with van der Waals surface area (Å²) in [4.78, 5) is 15.2. The highest BCUT2D eigenvalue weighted by Crippen LogP contribution is 2.28. The van der Waals surface area contributed by atoms with Gasteiger partial charge in [-0.1, -0.05) is 6.07 Å². The molecule has 2 atom stereocenters. The second-order valence-corrected chi connectivity index (χ2v) is 6.75. The molecular formula is C16H21N3O3S. The van der Waals surface area contributed by atoms with Crippen LogP contribution in [0.3, 0.4) is 0 Å². The van der Waals surface area contributed by atoms with E-state index in [2.05, 4.69) is 21.4 Å². The first-order chi connectivity index (χ1) is 11.1. The molecule has 0 amide bonds. The van der Waals surface area contributed by atoms with Crippen molar-refractivity contribution in [3.63, 3.8) is 0 Å². The van der Waals surface area contributed by atoms with Crippen LogP contribution in [0.5, 0.6) is 0 Å². The minimum absolute atomic E-state index is 0.00490. The molecule has 0 bridgehead atoms. The van der Waals surface area contributed by atoms with Crippen LogP contribution in [0.1, 0.15) is 12.5 Å². The van der Waals surface area contributed by atoms with E-state index in [9.17, 15) is 4.79 Å². The highest BCUT2D eigenvalue weighted by molar-refractivity contribution is 7.13. The molecule has 7 heteroatoms. The summed E-state index contributed by atoms with van der Waals surface area (Å²) >= 11 is 1.68. The summed E-state index contributed by atoms with van der Waals surface area (Å²) < 4.78 is 12.3. The minimum Gasteiger partial charge on any atom is -0.467 e. The number of thiophene rings is 1. The van der Waals surface area contributed by atoms with Gasteiger partial charge in [-0.3, -0.25) is 9.58 Å². The van der Waals surface area contributed by atoms with Crippen molar-refractivity contribution in [2.45, 2.75) is 25.7 Å². The van der Waals surface area contributed by atoms with E-state index in [1.54, 1.807) is 11.3 Å². The molecule has 1 aliphatic rings. The molecule has 0 aromatic carbocycles. The van der Waals surface area contributed by atoms with E-state index in [1.807, 2.05) is 30.9 Å². The van der Waals surface area contributed by atoms with Crippen LogP contribution >= 0.6 is 11.3 Å². The normalized spacial score (nSPS) is 22.2. The number of methoxy groups -OCH3 is 1. The van der Waals surface area contributed by atoms with Crippen LogP contribution in [0.4, 0.5) is 0 Å². The molecule has 1 saturated heterocycles. The van der Waals surface area contributed by atoms with Gasteiger partial charge in [0.15, 0.2) is 6.10 Å². The second kappa shape index (κ2) is 6.82. The van der Waals surface area contributed by atoms with Gasteiger partial charge < -0.3 is 9.47 Å². The molecule has 3 rings (SSSR count). The first-order valence-electron chi connectivity index (χ1n) is 7.59. The van der Waals surface area contributed by atoms with E-state index in [-0.39, 0.29) is 12.1 Å². The Morgan fingerprint density at radius 1 is 1.52 bits per heavy atom. The molecule has 2 aromatic heterocycles. The first kappa shape index (κ1) is 16.2. The van der Waals surface area contributed by atoms with Gasteiger partial charge in [0.2, 0.25) is 0 Å². The zero-order valence-corrected chi connectivity index (χ0v) is 14.4. The van der Waals surface area contributed by atoms with Crippen molar-refractivity contribution in [3.05, 3.63) is 29.3 Å². The number of ether oxygens (including phenoxy) is 2. The van der Waals surface area contributed by atoms with Gasteiger partial charge in [0.25, 0.3) is 0 Å². The fourth-order valence-corrected chi connectivity index (χ4v) is 3.69. The molecule has 23 heavy (non-hydrogen) atoms. The third-order valence-corrected chi connectivity index (χ3v) is 4.73. The van der Waals surface area contributed by atoms with Crippen molar-refractivity contribution in [1.82, 2.24) is 14.7 Å². The Morgan fingerprint density at radius 3 is 3.04 bits per heavy atom. The largest absolute Gasteiger partial charge is 0.467 e. The average molecular weight is 335 g/mol. The summed E-state index contributed by atoms with van der Waals surface area (Å²) in [7, 11) is 3.32. The molecule has 0 radical (unpaired) electrons. The van der Waals surface area contributed by atoms with Crippen molar-refractivity contribution in [2.24, 2.45) is 7.05 Å². The zero-order valence-electron chi connectivity index (χ0n) is 13.6. The molecule has 6 nitrogen and oxygen atoms in total. The van der Waals surface area contributed by atoms with E-state index in [0.717, 1.165) is 29.2 Å². The third kappa shape index (κ3) is 3.63. The van der Waals surface area contributed by atoms with Gasteiger partial charge in [-0.25, -0.2) is 4.79 Å². The van der Waals surface area contributed by atoms with E-state index in [1.165, 1.54) is 7.11 Å². The maximum Gasteiger partial charge on any atom is 0.336 e. The van der Waals surface area contributed by atoms with Crippen molar-refractivity contribution in [1.29, 1.82) is 0 Å². The van der Waals surface area contributed by atoms with E-state index in [0.29, 0.717) is 6.54 Å². The quantitative estimate of drug-likeness (QED) is 0.799. The highest BCUT2D eigenvalue weighted by Gasteiger charge is 2.31. The molecule has 2 aromatic rings. The lowest BCUT2D eigenvalue weighted by Gasteiger charge is -2.35. The molecule has 1 unspecified atom stereocenters. The minimum atomic E-state index is -0.523. The van der Waals surface area contributed by atoms with Crippen LogP contribution in [0, 0.1) is 0 Å². The van der Waals surface area contributed by atoms with Gasteiger partial charge in [-0.15, -0.1) is 11.3 Å². The topological polar surface area (TPSA) is 56.6 Å². The summed E-state index contributed by atoms with van der Waals surface area (Å²) in [6, 6.07) is 4.11. The Labute approximate surface area is 139 Å². The van der Waals surface area contributed by atoms with Crippen LogP contribution in [-0.4, -0.2) is 53.1 Å². The summed E-state index contributed by atoms with van der Waals surface area (Å²) in [5, 5.41) is 6.64. The van der Waals surface area contributed by atoms with Gasteiger partial charge >= 0.3 is 5.97 Å². The highest BCUT2D eigenvalue weighted by atomic mass is 32.1. The predicted octanol–water partition coefficient (Wildman–Crippen LogP) is 1.91. The van der Waals surface area contributed by atoms with Crippen LogP contribution in [-0.2, 0) is 27.9 Å². The molecule has 0 N–H and O–H groups in total. The number of aromatic nitrogens is 2. The van der Waals surface area contributed by atoms with E-state index in [4.69, 9.17) is 9.47 Å². The lowest BCUT2D eigenvalue weighted by atomic mass is 10.1. The van der Waals surface area contributed by atoms with Crippen LogP contribution < -0.4 is 0 Å². The molecule has 124 valence electrons. The maximum absolute atomic E-state index is 11.8. The molecule has 3 heterocycles. The Hall–Kier alpha value is -1.70. The smallest absolute Gasteiger partial charge is 0.336 e. The van der Waals surface area contributed by atoms with Crippen LogP contribution in [0.25, 0.3) is 10.6 Å². The zero-order chi connectivity index (χ0) is 16.4. The van der Waals surface area contributed by atoms with Gasteiger partial charge in [-0.05, 0) is 18.4 Å². The van der Waals surface area contributed by atoms with E-state index < -0.39 is 6.10 Å². The molecule has 0 spiro atoms. The Balaban J connectivity index is 1.78. The lowest BCUT2D eigenvalue weighted by molar-refractivity contribution is -0.166. The number of hydrogen-bond acceptors (Lipinski definition) is 6. The second-order valence-electron chi connectivity index (χ2n) is 5.81. The Kier molecular flexibility index (Phi) is 4.79. The van der Waals surface area contributed by atoms with E-state index >= 15 is 0 Å². The summed E-state index contributed by atoms with van der Waals surface area (Å²) in [6.07, 6.45) is 1.52. The monoisotopic (exact) mass is 335 g/mol. The number of rotatable bonds is 4. The lowest BCUT2D eigenvalue weighted by Crippen LogP contribution is -2.49. The Bertz CT molecular complexity index is 668. The number of carbonyl (C=O) groups is 1. The SMILES string of the molecule is COC(=O)C1CN(Cc2cn(C)nc2-c2cccs2)C[C@@H](C)O1. The van der Waals surface area contributed by atoms with Gasteiger partial charge in [-0.2, -0.15) is 5.10 Å². The molecular weight excluding hydrogens is 314 g/mol. The summed E-state index contributed by atoms with van der Waals surface area (Å²) in [5.41, 5.74) is 2.17. The number of aryl methyl sites for hydroxylation is 1. The molecule has 0 aliphatic carbocycles. The van der Waals surface area contributed by atoms with Gasteiger partial charge in [0.1, 0.15) is 5.69 Å². The van der Waals surface area contributed by atoms with Crippen LogP contribution in [0.2, 0.25) is 0 Å². The average Bonchev–Trinajstić information content (AvgIpc) is 3.15. The third-order valence-electron chi connectivity index (χ3n) is 3.85. The number of carbonyl (C=O) groups excluding carboxylic acids is 1. The fourth-order valence-electron chi connectivity index (χ4n) is 2.94. The fraction of sp³-hybridized carbons (Fsp3) is 0.500. The standard InChI is InChI=1S/C16H21N3O3S/c1-11-7-19(10-13(22-11)16(20)21-3)9-12-8-18(2)17-15(12)14-5-4-6-23-14/h4-6,8,11,13H,7,9-10H2,1-3H3/t11-,13?/m1/s1. The first-order valence-corrected chi connectivity index (χ1v) is 8.47. The van der Waals surface area contributed by atoms with Crippen molar-refractivity contribution >= 4 is 17.3 Å². The van der Waals surface area contributed by atoms with Gasteiger partial charge in [0.05, 0.1) is 18.1 Å². The molecule has 0 saturated carbocycles. The number of nitrogens with zero attached hydrogens (tertiary/aromatic N) is 3. The number of morpholine rings is 1. The van der Waals surface area contributed by atoms with Crippen molar-refractivity contribution in [3.8, 4) is 10.6 Å². The number of esters is 1. The predicted molar refractivity (Wildman–Crippen MR) is 88.1 cm³/mol. The van der Waals surface area contributed by atoms with Crippen LogP contribution in [0.15, 0.2) is 23.7 Å².